The third-order valence-electron chi connectivity index (χ3n) is 1.62. The Morgan fingerprint density at radius 3 is 2.57 bits per heavy atom. The molecule has 0 heterocycles. The SMILES string of the molecule is C=CC(N)=N/C=C\C(=C)C(F)(F)CC. The van der Waals surface area contributed by atoms with E-state index in [1.807, 2.05) is 0 Å². The van der Waals surface area contributed by atoms with Crippen LogP contribution in [0.2, 0.25) is 0 Å². The number of alkyl halides is 2. The van der Waals surface area contributed by atoms with E-state index >= 15 is 0 Å². The molecule has 0 unspecified atom stereocenters. The van der Waals surface area contributed by atoms with Gasteiger partial charge in [-0.2, -0.15) is 0 Å². The molecule has 0 aliphatic heterocycles. The number of amidine groups is 1. The lowest BCUT2D eigenvalue weighted by Crippen LogP contribution is -2.15. The Bertz CT molecular complexity index is 278. The first-order valence-corrected chi connectivity index (χ1v) is 4.13. The first-order chi connectivity index (χ1) is 6.44. The van der Waals surface area contributed by atoms with Gasteiger partial charge in [-0.05, 0) is 12.2 Å². The summed E-state index contributed by atoms with van der Waals surface area (Å²) < 4.78 is 25.8. The molecule has 0 fully saturated rings. The molecule has 0 spiro atoms. The molecule has 0 aromatic carbocycles. The lowest BCUT2D eigenvalue weighted by molar-refractivity contribution is 0.0419. The zero-order valence-corrected chi connectivity index (χ0v) is 8.13. The van der Waals surface area contributed by atoms with Crippen LogP contribution in [-0.2, 0) is 0 Å². The van der Waals surface area contributed by atoms with Gasteiger partial charge >= 0.3 is 0 Å². The van der Waals surface area contributed by atoms with Crippen LogP contribution in [0.4, 0.5) is 8.78 Å². The van der Waals surface area contributed by atoms with Crippen LogP contribution in [0.1, 0.15) is 13.3 Å². The van der Waals surface area contributed by atoms with Crippen molar-refractivity contribution in [3.8, 4) is 0 Å². The van der Waals surface area contributed by atoms with Gasteiger partial charge in [-0.15, -0.1) is 0 Å². The maximum absolute atomic E-state index is 12.9. The summed E-state index contributed by atoms with van der Waals surface area (Å²) in [6, 6.07) is 0. The fourth-order valence-electron chi connectivity index (χ4n) is 0.615. The van der Waals surface area contributed by atoms with E-state index in [0.29, 0.717) is 0 Å². The lowest BCUT2D eigenvalue weighted by Gasteiger charge is -2.12. The molecular formula is C10H14F2N2. The van der Waals surface area contributed by atoms with Gasteiger partial charge in [0.05, 0.1) is 0 Å². The van der Waals surface area contributed by atoms with Crippen LogP contribution in [0.5, 0.6) is 0 Å². The van der Waals surface area contributed by atoms with E-state index in [1.54, 1.807) is 0 Å². The summed E-state index contributed by atoms with van der Waals surface area (Å²) in [4.78, 5) is 3.63. The highest BCUT2D eigenvalue weighted by atomic mass is 19.3. The van der Waals surface area contributed by atoms with Gasteiger partial charge in [0.25, 0.3) is 5.92 Å². The largest absolute Gasteiger partial charge is 0.384 e. The van der Waals surface area contributed by atoms with Gasteiger partial charge in [0.2, 0.25) is 0 Å². The molecule has 0 atom stereocenters. The Balaban J connectivity index is 4.41. The average molecular weight is 200 g/mol. The molecule has 78 valence electrons. The van der Waals surface area contributed by atoms with Crippen molar-refractivity contribution in [2.75, 3.05) is 0 Å². The Kier molecular flexibility index (Phi) is 4.77. The molecule has 4 heteroatoms. The second-order valence-electron chi connectivity index (χ2n) is 2.66. The van der Waals surface area contributed by atoms with Crippen molar-refractivity contribution in [1.29, 1.82) is 0 Å². The Hall–Kier alpha value is -1.45. The van der Waals surface area contributed by atoms with Gasteiger partial charge in [-0.25, -0.2) is 13.8 Å². The maximum atomic E-state index is 12.9. The van der Waals surface area contributed by atoms with E-state index in [2.05, 4.69) is 18.2 Å². The van der Waals surface area contributed by atoms with E-state index in [4.69, 9.17) is 5.73 Å². The van der Waals surface area contributed by atoms with Crippen molar-refractivity contribution >= 4 is 5.84 Å². The predicted octanol–water partition coefficient (Wildman–Crippen LogP) is 2.64. The summed E-state index contributed by atoms with van der Waals surface area (Å²) in [7, 11) is 0. The molecular weight excluding hydrogens is 186 g/mol. The van der Waals surface area contributed by atoms with Crippen LogP contribution < -0.4 is 5.73 Å². The first kappa shape index (κ1) is 12.6. The molecule has 14 heavy (non-hydrogen) atoms. The van der Waals surface area contributed by atoms with Gasteiger partial charge < -0.3 is 5.73 Å². The second kappa shape index (κ2) is 5.32. The number of halogens is 2. The van der Waals surface area contributed by atoms with Gasteiger partial charge in [0.1, 0.15) is 5.84 Å². The summed E-state index contributed by atoms with van der Waals surface area (Å²) in [5.74, 6) is -2.71. The minimum absolute atomic E-state index is 0.175. The van der Waals surface area contributed by atoms with Crippen molar-refractivity contribution in [3.05, 3.63) is 37.1 Å². The van der Waals surface area contributed by atoms with E-state index in [-0.39, 0.29) is 17.8 Å². The molecule has 0 saturated heterocycles. The van der Waals surface area contributed by atoms with Crippen LogP contribution >= 0.6 is 0 Å². The van der Waals surface area contributed by atoms with E-state index in [1.165, 1.54) is 19.2 Å². The van der Waals surface area contributed by atoms with Crippen LogP contribution in [0.15, 0.2) is 42.1 Å². The quantitative estimate of drug-likeness (QED) is 0.413. The van der Waals surface area contributed by atoms with E-state index in [9.17, 15) is 8.78 Å². The summed E-state index contributed by atoms with van der Waals surface area (Å²) in [5, 5.41) is 0. The molecule has 0 aromatic rings. The average Bonchev–Trinajstić information content (AvgIpc) is 2.17. The molecule has 0 bridgehead atoms. The minimum atomic E-state index is -2.88. The Morgan fingerprint density at radius 1 is 1.57 bits per heavy atom. The summed E-state index contributed by atoms with van der Waals surface area (Å²) >= 11 is 0. The van der Waals surface area contributed by atoms with Crippen LogP contribution in [-0.4, -0.2) is 11.8 Å². The van der Waals surface area contributed by atoms with Gasteiger partial charge in [-0.3, -0.25) is 0 Å². The number of hydrogen-bond donors (Lipinski definition) is 1. The third kappa shape index (κ3) is 3.98. The van der Waals surface area contributed by atoms with Gasteiger partial charge in [-0.1, -0.05) is 20.1 Å². The molecule has 2 N–H and O–H groups in total. The highest BCUT2D eigenvalue weighted by Gasteiger charge is 2.28. The third-order valence-corrected chi connectivity index (χ3v) is 1.62. The minimum Gasteiger partial charge on any atom is -0.384 e. The molecule has 0 aliphatic rings. The second-order valence-corrected chi connectivity index (χ2v) is 2.66. The number of nitrogens with zero attached hydrogens (tertiary/aromatic N) is 1. The smallest absolute Gasteiger partial charge is 0.272 e. The summed E-state index contributed by atoms with van der Waals surface area (Å²) in [6.07, 6.45) is 3.37. The van der Waals surface area contributed by atoms with Crippen molar-refractivity contribution in [2.24, 2.45) is 10.7 Å². The standard InChI is InChI=1S/C10H14F2N2/c1-4-9(13)14-7-6-8(3)10(11,12)5-2/h4,6-7H,1,3,5H2,2H3,(H2,13,14)/b7-6-. The van der Waals surface area contributed by atoms with E-state index < -0.39 is 5.92 Å². The monoisotopic (exact) mass is 200 g/mol. The predicted molar refractivity (Wildman–Crippen MR) is 55.3 cm³/mol. The van der Waals surface area contributed by atoms with Crippen LogP contribution in [0, 0.1) is 0 Å². The van der Waals surface area contributed by atoms with Crippen LogP contribution in [0.25, 0.3) is 0 Å². The Labute approximate surface area is 82.5 Å². The Morgan fingerprint density at radius 2 is 2.14 bits per heavy atom. The number of allylic oxidation sites excluding steroid dienone is 2. The number of hydrogen-bond acceptors (Lipinski definition) is 1. The molecule has 0 radical (unpaired) electrons. The van der Waals surface area contributed by atoms with Gasteiger partial charge in [0, 0.05) is 18.2 Å². The molecule has 0 aromatic heterocycles. The number of nitrogens with two attached hydrogens (primary N) is 1. The van der Waals surface area contributed by atoms with Crippen molar-refractivity contribution in [2.45, 2.75) is 19.3 Å². The lowest BCUT2D eigenvalue weighted by atomic mass is 10.1. The zero-order chi connectivity index (χ0) is 11.2. The molecule has 0 aliphatic carbocycles. The first-order valence-electron chi connectivity index (χ1n) is 4.13. The van der Waals surface area contributed by atoms with Crippen LogP contribution in [0.3, 0.4) is 0 Å². The normalized spacial score (nSPS) is 13.2. The number of aliphatic imine (C=N–C) groups is 1. The highest BCUT2D eigenvalue weighted by Crippen LogP contribution is 2.26. The fourth-order valence-corrected chi connectivity index (χ4v) is 0.615. The number of rotatable bonds is 5. The highest BCUT2D eigenvalue weighted by molar-refractivity contribution is 5.91. The van der Waals surface area contributed by atoms with Crippen molar-refractivity contribution in [1.82, 2.24) is 0 Å². The molecule has 0 amide bonds. The summed E-state index contributed by atoms with van der Waals surface area (Å²) in [5.41, 5.74) is 4.99. The van der Waals surface area contributed by atoms with Crippen molar-refractivity contribution in [3.63, 3.8) is 0 Å². The molecule has 0 rings (SSSR count). The topological polar surface area (TPSA) is 38.4 Å². The molecule has 0 saturated carbocycles. The zero-order valence-electron chi connectivity index (χ0n) is 8.13. The van der Waals surface area contributed by atoms with E-state index in [0.717, 1.165) is 6.08 Å². The van der Waals surface area contributed by atoms with Crippen molar-refractivity contribution < 1.29 is 8.78 Å². The summed E-state index contributed by atoms with van der Waals surface area (Å²) in [6.45, 7) is 8.00. The fraction of sp³-hybridized carbons (Fsp3) is 0.300. The maximum Gasteiger partial charge on any atom is 0.272 e. The molecule has 2 nitrogen and oxygen atoms in total. The van der Waals surface area contributed by atoms with Gasteiger partial charge in [0.15, 0.2) is 0 Å².